The van der Waals surface area contributed by atoms with Crippen LogP contribution in [0.3, 0.4) is 0 Å². The van der Waals surface area contributed by atoms with Crippen molar-refractivity contribution >= 4 is 12.4 Å². The molecule has 0 aromatic rings. The summed E-state index contributed by atoms with van der Waals surface area (Å²) in [5, 5.41) is 3.53. The predicted octanol–water partition coefficient (Wildman–Crippen LogP) is 2.36. The van der Waals surface area contributed by atoms with Crippen molar-refractivity contribution in [1.29, 1.82) is 0 Å². The summed E-state index contributed by atoms with van der Waals surface area (Å²) in [7, 11) is 0. The summed E-state index contributed by atoms with van der Waals surface area (Å²) in [6.45, 7) is 11.4. The summed E-state index contributed by atoms with van der Waals surface area (Å²) in [6, 6.07) is 0.916. The molecule has 1 N–H and O–H groups in total. The maximum Gasteiger partial charge on any atom is 0.0113 e. The Morgan fingerprint density at radius 2 is 1.75 bits per heavy atom. The summed E-state index contributed by atoms with van der Waals surface area (Å²) in [6.07, 6.45) is 8.68. The molecular formula is C16H32ClN3. The molecular weight excluding hydrogens is 270 g/mol. The molecule has 3 fully saturated rings. The molecule has 0 amide bonds. The Morgan fingerprint density at radius 3 is 2.35 bits per heavy atom. The van der Waals surface area contributed by atoms with Gasteiger partial charge in [-0.1, -0.05) is 26.2 Å². The van der Waals surface area contributed by atoms with E-state index in [1.165, 1.54) is 84.3 Å². The number of rotatable bonds is 3. The van der Waals surface area contributed by atoms with E-state index in [9.17, 15) is 0 Å². The van der Waals surface area contributed by atoms with Crippen molar-refractivity contribution in [3.63, 3.8) is 0 Å². The summed E-state index contributed by atoms with van der Waals surface area (Å²) >= 11 is 0. The van der Waals surface area contributed by atoms with Crippen molar-refractivity contribution in [3.8, 4) is 0 Å². The zero-order valence-electron chi connectivity index (χ0n) is 13.1. The lowest BCUT2D eigenvalue weighted by Gasteiger charge is -2.42. The quantitative estimate of drug-likeness (QED) is 0.863. The predicted molar refractivity (Wildman–Crippen MR) is 87.7 cm³/mol. The van der Waals surface area contributed by atoms with E-state index in [2.05, 4.69) is 22.0 Å². The van der Waals surface area contributed by atoms with Gasteiger partial charge in [-0.05, 0) is 31.2 Å². The van der Waals surface area contributed by atoms with E-state index in [0.29, 0.717) is 5.41 Å². The largest absolute Gasteiger partial charge is 0.316 e. The molecule has 20 heavy (non-hydrogen) atoms. The first-order valence-corrected chi connectivity index (χ1v) is 8.42. The average molecular weight is 302 g/mol. The third-order valence-electron chi connectivity index (χ3n) is 5.56. The molecule has 1 unspecified atom stereocenters. The second-order valence-electron chi connectivity index (χ2n) is 7.34. The highest BCUT2D eigenvalue weighted by molar-refractivity contribution is 5.85. The zero-order chi connectivity index (χ0) is 13.1. The van der Waals surface area contributed by atoms with Crippen molar-refractivity contribution in [3.05, 3.63) is 0 Å². The minimum absolute atomic E-state index is 0. The molecule has 1 aliphatic carbocycles. The van der Waals surface area contributed by atoms with Crippen LogP contribution >= 0.6 is 12.4 Å². The summed E-state index contributed by atoms with van der Waals surface area (Å²) in [5.74, 6) is 0. The van der Waals surface area contributed by atoms with E-state index < -0.39 is 0 Å². The van der Waals surface area contributed by atoms with Gasteiger partial charge in [-0.2, -0.15) is 0 Å². The Kier molecular flexibility index (Phi) is 6.15. The summed E-state index contributed by atoms with van der Waals surface area (Å²) < 4.78 is 0. The van der Waals surface area contributed by atoms with Crippen LogP contribution in [0.2, 0.25) is 0 Å². The van der Waals surface area contributed by atoms with E-state index in [1.54, 1.807) is 0 Å². The van der Waals surface area contributed by atoms with Crippen LogP contribution in [0.5, 0.6) is 0 Å². The van der Waals surface area contributed by atoms with Gasteiger partial charge in [0, 0.05) is 45.3 Å². The van der Waals surface area contributed by atoms with Crippen LogP contribution in [0, 0.1) is 5.41 Å². The summed E-state index contributed by atoms with van der Waals surface area (Å²) in [4.78, 5) is 5.50. The second-order valence-corrected chi connectivity index (χ2v) is 7.34. The van der Waals surface area contributed by atoms with Crippen LogP contribution in [0.25, 0.3) is 0 Å². The Morgan fingerprint density at radius 1 is 1.05 bits per heavy atom. The molecule has 2 aliphatic heterocycles. The molecule has 2 heterocycles. The van der Waals surface area contributed by atoms with E-state index in [4.69, 9.17) is 0 Å². The maximum atomic E-state index is 3.53. The fraction of sp³-hybridized carbons (Fsp3) is 1.00. The molecule has 0 bridgehead atoms. The molecule has 4 heteroatoms. The number of hydrogen-bond donors (Lipinski definition) is 1. The molecule has 118 valence electrons. The number of piperazine rings is 1. The van der Waals surface area contributed by atoms with Crippen LogP contribution < -0.4 is 5.32 Å². The van der Waals surface area contributed by atoms with Crippen molar-refractivity contribution < 1.29 is 0 Å². The van der Waals surface area contributed by atoms with E-state index >= 15 is 0 Å². The first-order chi connectivity index (χ1) is 9.25. The molecule has 1 saturated carbocycles. The minimum atomic E-state index is 0. The van der Waals surface area contributed by atoms with E-state index in [-0.39, 0.29) is 12.4 Å². The molecule has 1 atom stereocenters. The van der Waals surface area contributed by atoms with Gasteiger partial charge in [-0.25, -0.2) is 0 Å². The maximum absolute atomic E-state index is 3.53. The first kappa shape index (κ1) is 16.5. The lowest BCUT2D eigenvalue weighted by atomic mass is 9.89. The lowest BCUT2D eigenvalue weighted by Crippen LogP contribution is -2.52. The fourth-order valence-electron chi connectivity index (χ4n) is 4.28. The van der Waals surface area contributed by atoms with Gasteiger partial charge in [0.15, 0.2) is 0 Å². The number of hydrogen-bond acceptors (Lipinski definition) is 3. The van der Waals surface area contributed by atoms with Crippen molar-refractivity contribution in [1.82, 2.24) is 15.1 Å². The molecule has 3 nitrogen and oxygen atoms in total. The highest BCUT2D eigenvalue weighted by Gasteiger charge is 2.32. The topological polar surface area (TPSA) is 18.5 Å². The molecule has 0 aromatic heterocycles. The molecule has 3 aliphatic rings. The van der Waals surface area contributed by atoms with Gasteiger partial charge in [0.05, 0.1) is 0 Å². The van der Waals surface area contributed by atoms with Gasteiger partial charge in [0.25, 0.3) is 0 Å². The lowest BCUT2D eigenvalue weighted by molar-refractivity contribution is 0.0596. The van der Waals surface area contributed by atoms with Crippen LogP contribution in [0.1, 0.15) is 45.4 Å². The van der Waals surface area contributed by atoms with Gasteiger partial charge < -0.3 is 10.2 Å². The van der Waals surface area contributed by atoms with Crippen LogP contribution in [-0.2, 0) is 0 Å². The number of halogens is 1. The van der Waals surface area contributed by atoms with Gasteiger partial charge in [-0.3, -0.25) is 4.90 Å². The fourth-order valence-corrected chi connectivity index (χ4v) is 4.28. The van der Waals surface area contributed by atoms with Gasteiger partial charge in [-0.15, -0.1) is 12.4 Å². The van der Waals surface area contributed by atoms with E-state index in [1.807, 2.05) is 0 Å². The summed E-state index contributed by atoms with van der Waals surface area (Å²) in [5.41, 5.74) is 0.535. The standard InChI is InChI=1S/C16H31N3.ClH/c1-16(7-8-17-13-16)14-18-9-11-19(12-10-18)15-5-3-2-4-6-15;/h15,17H,2-14H2,1H3;1H. The van der Waals surface area contributed by atoms with Crippen LogP contribution in [0.4, 0.5) is 0 Å². The number of nitrogens with zero attached hydrogens (tertiary/aromatic N) is 2. The first-order valence-electron chi connectivity index (χ1n) is 8.42. The smallest absolute Gasteiger partial charge is 0.0113 e. The third-order valence-corrected chi connectivity index (χ3v) is 5.56. The Hall–Kier alpha value is 0.170. The molecule has 3 rings (SSSR count). The Labute approximate surface area is 130 Å². The average Bonchev–Trinajstić information content (AvgIpc) is 2.87. The van der Waals surface area contributed by atoms with Crippen molar-refractivity contribution in [2.75, 3.05) is 45.8 Å². The zero-order valence-corrected chi connectivity index (χ0v) is 13.9. The van der Waals surface area contributed by atoms with Crippen molar-refractivity contribution in [2.45, 2.75) is 51.5 Å². The normalized spacial score (nSPS) is 34.0. The Balaban J connectivity index is 0.00000147. The van der Waals surface area contributed by atoms with Crippen LogP contribution in [0.15, 0.2) is 0 Å². The number of nitrogens with one attached hydrogen (secondary N) is 1. The van der Waals surface area contributed by atoms with Crippen molar-refractivity contribution in [2.24, 2.45) is 5.41 Å². The van der Waals surface area contributed by atoms with E-state index in [0.717, 1.165) is 6.04 Å². The van der Waals surface area contributed by atoms with Crippen LogP contribution in [-0.4, -0.2) is 61.7 Å². The van der Waals surface area contributed by atoms with Gasteiger partial charge >= 0.3 is 0 Å². The SMILES string of the molecule is CC1(CN2CCN(C3CCCCC3)CC2)CCNC1.Cl. The van der Waals surface area contributed by atoms with Gasteiger partial charge in [0.1, 0.15) is 0 Å². The molecule has 0 aromatic carbocycles. The van der Waals surface area contributed by atoms with Gasteiger partial charge in [0.2, 0.25) is 0 Å². The molecule has 2 saturated heterocycles. The Bertz CT molecular complexity index is 277. The monoisotopic (exact) mass is 301 g/mol. The highest BCUT2D eigenvalue weighted by atomic mass is 35.5. The highest BCUT2D eigenvalue weighted by Crippen LogP contribution is 2.27. The molecule has 0 spiro atoms. The third kappa shape index (κ3) is 4.09. The second kappa shape index (κ2) is 7.44. The minimum Gasteiger partial charge on any atom is -0.316 e. The molecule has 0 radical (unpaired) electrons.